The molecule has 0 bridgehead atoms. The fourth-order valence-electron chi connectivity index (χ4n) is 2.14. The highest BCUT2D eigenvalue weighted by molar-refractivity contribution is 7.09. The van der Waals surface area contributed by atoms with E-state index in [-0.39, 0.29) is 6.04 Å². The van der Waals surface area contributed by atoms with Gasteiger partial charge in [0.15, 0.2) is 0 Å². The van der Waals surface area contributed by atoms with Crippen LogP contribution in [0.1, 0.15) is 27.9 Å². The van der Waals surface area contributed by atoms with E-state index >= 15 is 0 Å². The fourth-order valence-corrected chi connectivity index (χ4v) is 2.76. The summed E-state index contributed by atoms with van der Waals surface area (Å²) in [6.45, 7) is 4.08. The summed E-state index contributed by atoms with van der Waals surface area (Å²) in [5.41, 5.74) is 6.28. The molecule has 0 spiro atoms. The zero-order valence-electron chi connectivity index (χ0n) is 11.4. The van der Waals surface area contributed by atoms with Gasteiger partial charge in [-0.15, -0.1) is 11.3 Å². The van der Waals surface area contributed by atoms with Crippen LogP contribution in [0.25, 0.3) is 0 Å². The molecule has 4 nitrogen and oxygen atoms in total. The number of aromatic nitrogens is 1. The lowest BCUT2D eigenvalue weighted by atomic mass is 9.98. The average molecular weight is 277 g/mol. The predicted molar refractivity (Wildman–Crippen MR) is 78.4 cm³/mol. The van der Waals surface area contributed by atoms with Gasteiger partial charge < -0.3 is 4.74 Å². The Hall–Kier alpha value is -1.43. The molecule has 1 unspecified atom stereocenters. The summed E-state index contributed by atoms with van der Waals surface area (Å²) in [5.74, 6) is 6.56. The summed E-state index contributed by atoms with van der Waals surface area (Å²) in [6.07, 6.45) is 0.786. The van der Waals surface area contributed by atoms with Gasteiger partial charge in [0.1, 0.15) is 5.75 Å². The highest BCUT2D eigenvalue weighted by Gasteiger charge is 2.15. The zero-order valence-corrected chi connectivity index (χ0v) is 12.3. The first kappa shape index (κ1) is 14.0. The molecule has 1 aromatic carbocycles. The van der Waals surface area contributed by atoms with Gasteiger partial charge in [-0.05, 0) is 37.1 Å². The van der Waals surface area contributed by atoms with E-state index in [1.807, 2.05) is 19.1 Å². The van der Waals surface area contributed by atoms with Gasteiger partial charge in [-0.25, -0.2) is 4.98 Å². The van der Waals surface area contributed by atoms with Crippen LogP contribution in [-0.4, -0.2) is 12.1 Å². The maximum Gasteiger partial charge on any atom is 0.119 e. The van der Waals surface area contributed by atoms with E-state index in [1.165, 1.54) is 5.56 Å². The summed E-state index contributed by atoms with van der Waals surface area (Å²) in [7, 11) is 1.67. The molecule has 0 fully saturated rings. The van der Waals surface area contributed by atoms with Crippen molar-refractivity contribution in [3.63, 3.8) is 0 Å². The number of methoxy groups -OCH3 is 1. The number of hydrogen-bond acceptors (Lipinski definition) is 5. The molecule has 1 atom stereocenters. The van der Waals surface area contributed by atoms with Crippen molar-refractivity contribution in [2.45, 2.75) is 26.3 Å². The van der Waals surface area contributed by atoms with Crippen LogP contribution in [0.15, 0.2) is 23.6 Å². The van der Waals surface area contributed by atoms with Crippen LogP contribution in [0.2, 0.25) is 0 Å². The molecule has 0 saturated heterocycles. The third-order valence-corrected chi connectivity index (χ3v) is 3.96. The third-order valence-electron chi connectivity index (χ3n) is 3.13. The second kappa shape index (κ2) is 6.14. The van der Waals surface area contributed by atoms with E-state index in [9.17, 15) is 0 Å². The molecule has 0 saturated carbocycles. The average Bonchev–Trinajstić information content (AvgIpc) is 2.81. The van der Waals surface area contributed by atoms with E-state index in [4.69, 9.17) is 10.6 Å². The Balaban J connectivity index is 2.21. The Morgan fingerprint density at radius 3 is 2.74 bits per heavy atom. The van der Waals surface area contributed by atoms with Gasteiger partial charge in [-0.2, -0.15) is 0 Å². The topological polar surface area (TPSA) is 60.2 Å². The first-order valence-electron chi connectivity index (χ1n) is 6.15. The minimum Gasteiger partial charge on any atom is -0.497 e. The molecular formula is C14H19N3OS. The number of nitrogens with zero attached hydrogens (tertiary/aromatic N) is 1. The largest absolute Gasteiger partial charge is 0.497 e. The molecule has 0 radical (unpaired) electrons. The van der Waals surface area contributed by atoms with Crippen LogP contribution < -0.4 is 16.0 Å². The molecule has 19 heavy (non-hydrogen) atoms. The molecule has 3 N–H and O–H groups in total. The van der Waals surface area contributed by atoms with Crippen molar-refractivity contribution in [1.29, 1.82) is 0 Å². The van der Waals surface area contributed by atoms with Crippen molar-refractivity contribution in [2.24, 2.45) is 5.84 Å². The van der Waals surface area contributed by atoms with Gasteiger partial charge in [-0.3, -0.25) is 11.3 Å². The van der Waals surface area contributed by atoms with Crippen molar-refractivity contribution in [2.75, 3.05) is 7.11 Å². The number of aryl methyl sites for hydroxylation is 2. The normalized spacial score (nSPS) is 12.4. The standard InChI is InChI=1S/C14H19N3OS/c1-9-6-12(18-3)4-5-13(9)14(17-15)7-11-8-19-10(2)16-11/h4-6,8,14,17H,7,15H2,1-3H3. The van der Waals surface area contributed by atoms with E-state index in [1.54, 1.807) is 18.4 Å². The number of rotatable bonds is 5. The molecule has 0 aliphatic carbocycles. The molecule has 102 valence electrons. The minimum atomic E-state index is 0.0624. The van der Waals surface area contributed by atoms with Crippen molar-refractivity contribution in [3.8, 4) is 5.75 Å². The lowest BCUT2D eigenvalue weighted by molar-refractivity contribution is 0.414. The third kappa shape index (κ3) is 3.32. The number of nitrogens with one attached hydrogen (secondary N) is 1. The molecule has 5 heteroatoms. The zero-order chi connectivity index (χ0) is 13.8. The summed E-state index contributed by atoms with van der Waals surface area (Å²) in [4.78, 5) is 4.49. The Labute approximate surface area is 117 Å². The van der Waals surface area contributed by atoms with Crippen LogP contribution in [0.4, 0.5) is 0 Å². The molecule has 2 aromatic rings. The van der Waals surface area contributed by atoms with Crippen LogP contribution in [0, 0.1) is 13.8 Å². The highest BCUT2D eigenvalue weighted by Crippen LogP contribution is 2.25. The minimum absolute atomic E-state index is 0.0624. The number of nitrogens with two attached hydrogens (primary N) is 1. The summed E-state index contributed by atoms with van der Waals surface area (Å²) < 4.78 is 5.22. The molecule has 1 aromatic heterocycles. The summed E-state index contributed by atoms with van der Waals surface area (Å²) in [5, 5.41) is 3.16. The summed E-state index contributed by atoms with van der Waals surface area (Å²) >= 11 is 1.66. The molecule has 0 amide bonds. The van der Waals surface area contributed by atoms with E-state index in [2.05, 4.69) is 28.8 Å². The maximum atomic E-state index is 5.69. The number of hydrogen-bond donors (Lipinski definition) is 2. The molecule has 0 aliphatic heterocycles. The number of thiazole rings is 1. The quantitative estimate of drug-likeness (QED) is 0.651. The SMILES string of the molecule is COc1ccc(C(Cc2csc(C)n2)NN)c(C)c1. The van der Waals surface area contributed by atoms with Crippen LogP contribution >= 0.6 is 11.3 Å². The Morgan fingerprint density at radius 1 is 1.42 bits per heavy atom. The van der Waals surface area contributed by atoms with Crippen molar-refractivity contribution >= 4 is 11.3 Å². The first-order valence-corrected chi connectivity index (χ1v) is 7.03. The lowest BCUT2D eigenvalue weighted by Gasteiger charge is -2.18. The summed E-state index contributed by atoms with van der Waals surface area (Å²) in [6, 6.07) is 6.09. The maximum absolute atomic E-state index is 5.69. The molecule has 2 rings (SSSR count). The number of benzene rings is 1. The van der Waals surface area contributed by atoms with E-state index in [0.29, 0.717) is 0 Å². The van der Waals surface area contributed by atoms with Gasteiger partial charge in [0.05, 0.1) is 23.9 Å². The number of ether oxygens (including phenoxy) is 1. The highest BCUT2D eigenvalue weighted by atomic mass is 32.1. The van der Waals surface area contributed by atoms with Crippen LogP contribution in [-0.2, 0) is 6.42 Å². The Bertz CT molecular complexity index is 553. The second-order valence-electron chi connectivity index (χ2n) is 4.50. The Morgan fingerprint density at radius 2 is 2.21 bits per heavy atom. The van der Waals surface area contributed by atoms with Gasteiger partial charge in [-0.1, -0.05) is 6.07 Å². The monoisotopic (exact) mass is 277 g/mol. The first-order chi connectivity index (χ1) is 9.13. The number of hydrazine groups is 1. The van der Waals surface area contributed by atoms with E-state index < -0.39 is 0 Å². The smallest absolute Gasteiger partial charge is 0.119 e. The van der Waals surface area contributed by atoms with E-state index in [0.717, 1.165) is 28.4 Å². The predicted octanol–water partition coefficient (Wildman–Crippen LogP) is 2.52. The lowest BCUT2D eigenvalue weighted by Crippen LogP contribution is -2.30. The van der Waals surface area contributed by atoms with Gasteiger partial charge in [0.2, 0.25) is 0 Å². The Kier molecular flexibility index (Phi) is 4.52. The van der Waals surface area contributed by atoms with Gasteiger partial charge >= 0.3 is 0 Å². The van der Waals surface area contributed by atoms with Crippen molar-refractivity contribution < 1.29 is 4.74 Å². The molecule has 1 heterocycles. The molecular weight excluding hydrogens is 258 g/mol. The van der Waals surface area contributed by atoms with Crippen molar-refractivity contribution in [3.05, 3.63) is 45.4 Å². The van der Waals surface area contributed by atoms with Crippen LogP contribution in [0.3, 0.4) is 0 Å². The van der Waals surface area contributed by atoms with Crippen molar-refractivity contribution in [1.82, 2.24) is 10.4 Å². The van der Waals surface area contributed by atoms with Gasteiger partial charge in [0, 0.05) is 11.8 Å². The second-order valence-corrected chi connectivity index (χ2v) is 5.57. The van der Waals surface area contributed by atoms with Crippen LogP contribution in [0.5, 0.6) is 5.75 Å². The fraction of sp³-hybridized carbons (Fsp3) is 0.357. The van der Waals surface area contributed by atoms with Gasteiger partial charge in [0.25, 0.3) is 0 Å². The molecule has 0 aliphatic rings.